The smallest absolute Gasteiger partial charge is 0.239 e. The third kappa shape index (κ3) is 3.66. The molecule has 0 aromatic rings. The van der Waals surface area contributed by atoms with Crippen molar-refractivity contribution in [1.82, 2.24) is 15.5 Å². The lowest BCUT2D eigenvalue weighted by Crippen LogP contribution is -2.53. The van der Waals surface area contributed by atoms with Crippen LogP contribution in [0.15, 0.2) is 0 Å². The monoisotopic (exact) mass is 241 g/mol. The summed E-state index contributed by atoms with van der Waals surface area (Å²) < 4.78 is 5.28. The van der Waals surface area contributed by atoms with Crippen LogP contribution in [0.25, 0.3) is 0 Å². The highest BCUT2D eigenvalue weighted by molar-refractivity contribution is 5.82. The van der Waals surface area contributed by atoms with E-state index >= 15 is 0 Å². The minimum Gasteiger partial charge on any atom is -0.378 e. The highest BCUT2D eigenvalue weighted by atomic mass is 16.5. The number of hydrogen-bond acceptors (Lipinski definition) is 4. The fourth-order valence-corrected chi connectivity index (χ4v) is 2.42. The number of amides is 1. The molecule has 0 saturated carbocycles. The van der Waals surface area contributed by atoms with Gasteiger partial charge in [0.1, 0.15) is 6.04 Å². The van der Waals surface area contributed by atoms with Crippen LogP contribution in [0.4, 0.5) is 0 Å². The van der Waals surface area contributed by atoms with E-state index in [0.29, 0.717) is 19.3 Å². The van der Waals surface area contributed by atoms with Crippen LogP contribution in [-0.4, -0.2) is 62.3 Å². The van der Waals surface area contributed by atoms with Gasteiger partial charge in [-0.1, -0.05) is 0 Å². The SMILES string of the molecule is CC(CNC(=O)C1COCCN1)N1CCCC1. The number of ether oxygens (including phenoxy) is 1. The molecule has 2 fully saturated rings. The molecular weight excluding hydrogens is 218 g/mol. The minimum absolute atomic E-state index is 0.0655. The Morgan fingerprint density at radius 1 is 1.53 bits per heavy atom. The van der Waals surface area contributed by atoms with Crippen LogP contribution in [-0.2, 0) is 9.53 Å². The van der Waals surface area contributed by atoms with Gasteiger partial charge in [-0.2, -0.15) is 0 Å². The Kier molecular flexibility index (Phi) is 4.76. The molecule has 1 amide bonds. The van der Waals surface area contributed by atoms with Gasteiger partial charge in [0.25, 0.3) is 0 Å². The Bertz CT molecular complexity index is 248. The van der Waals surface area contributed by atoms with Gasteiger partial charge < -0.3 is 15.4 Å². The van der Waals surface area contributed by atoms with Crippen LogP contribution in [0.1, 0.15) is 19.8 Å². The maximum atomic E-state index is 11.8. The molecule has 0 bridgehead atoms. The summed E-state index contributed by atoms with van der Waals surface area (Å²) in [5.74, 6) is 0.0655. The summed E-state index contributed by atoms with van der Waals surface area (Å²) >= 11 is 0. The van der Waals surface area contributed by atoms with E-state index in [0.717, 1.165) is 13.1 Å². The molecule has 0 aromatic carbocycles. The average Bonchev–Trinajstić information content (AvgIpc) is 2.90. The van der Waals surface area contributed by atoms with Crippen molar-refractivity contribution < 1.29 is 9.53 Å². The van der Waals surface area contributed by atoms with Crippen LogP contribution in [0, 0.1) is 0 Å². The van der Waals surface area contributed by atoms with E-state index in [1.54, 1.807) is 0 Å². The summed E-state index contributed by atoms with van der Waals surface area (Å²) in [6.07, 6.45) is 2.58. The predicted octanol–water partition coefficient (Wildman–Crippen LogP) is -0.425. The molecule has 5 nitrogen and oxygen atoms in total. The fourth-order valence-electron chi connectivity index (χ4n) is 2.42. The van der Waals surface area contributed by atoms with Gasteiger partial charge in [0, 0.05) is 19.1 Å². The van der Waals surface area contributed by atoms with Crippen LogP contribution in [0.2, 0.25) is 0 Å². The first-order valence-electron chi connectivity index (χ1n) is 6.60. The Hall–Kier alpha value is -0.650. The van der Waals surface area contributed by atoms with Crippen molar-refractivity contribution in [3.63, 3.8) is 0 Å². The van der Waals surface area contributed by atoms with Crippen molar-refractivity contribution >= 4 is 5.91 Å². The number of carbonyl (C=O) groups excluding carboxylic acids is 1. The van der Waals surface area contributed by atoms with E-state index in [4.69, 9.17) is 4.74 Å². The Balaban J connectivity index is 1.67. The molecule has 0 spiro atoms. The average molecular weight is 241 g/mol. The lowest BCUT2D eigenvalue weighted by molar-refractivity contribution is -0.126. The van der Waals surface area contributed by atoms with Crippen molar-refractivity contribution in [1.29, 1.82) is 0 Å². The molecule has 0 radical (unpaired) electrons. The van der Waals surface area contributed by atoms with Crippen LogP contribution in [0.5, 0.6) is 0 Å². The quantitative estimate of drug-likeness (QED) is 0.701. The molecule has 2 rings (SSSR count). The molecule has 2 heterocycles. The Morgan fingerprint density at radius 2 is 2.29 bits per heavy atom. The van der Waals surface area contributed by atoms with E-state index in [9.17, 15) is 4.79 Å². The highest BCUT2D eigenvalue weighted by Crippen LogP contribution is 2.10. The summed E-state index contributed by atoms with van der Waals surface area (Å²) in [6, 6.07) is 0.264. The second kappa shape index (κ2) is 6.33. The van der Waals surface area contributed by atoms with Crippen molar-refractivity contribution in [3.05, 3.63) is 0 Å². The van der Waals surface area contributed by atoms with Crippen molar-refractivity contribution in [2.24, 2.45) is 0 Å². The van der Waals surface area contributed by atoms with Gasteiger partial charge in [-0.3, -0.25) is 9.69 Å². The molecule has 2 unspecified atom stereocenters. The standard InChI is InChI=1S/C12H23N3O2/c1-10(15-5-2-3-6-15)8-14-12(16)11-9-17-7-4-13-11/h10-11,13H,2-9H2,1H3,(H,14,16). The van der Waals surface area contributed by atoms with Gasteiger partial charge in [0.2, 0.25) is 5.91 Å². The first-order chi connectivity index (χ1) is 8.27. The zero-order valence-corrected chi connectivity index (χ0v) is 10.6. The molecule has 98 valence electrons. The van der Waals surface area contributed by atoms with E-state index in [-0.39, 0.29) is 11.9 Å². The number of nitrogens with zero attached hydrogens (tertiary/aromatic N) is 1. The number of likely N-dealkylation sites (tertiary alicyclic amines) is 1. The van der Waals surface area contributed by atoms with E-state index in [1.165, 1.54) is 25.9 Å². The van der Waals surface area contributed by atoms with Gasteiger partial charge in [-0.25, -0.2) is 0 Å². The van der Waals surface area contributed by atoms with Crippen LogP contribution in [0.3, 0.4) is 0 Å². The van der Waals surface area contributed by atoms with Crippen molar-refractivity contribution in [3.8, 4) is 0 Å². The van der Waals surface area contributed by atoms with Gasteiger partial charge in [-0.05, 0) is 32.9 Å². The van der Waals surface area contributed by atoms with Gasteiger partial charge in [-0.15, -0.1) is 0 Å². The second-order valence-corrected chi connectivity index (χ2v) is 4.92. The van der Waals surface area contributed by atoms with Crippen molar-refractivity contribution in [2.75, 3.05) is 39.4 Å². The molecule has 2 atom stereocenters. The molecule has 17 heavy (non-hydrogen) atoms. The van der Waals surface area contributed by atoms with Crippen molar-refractivity contribution in [2.45, 2.75) is 31.8 Å². The molecule has 2 aliphatic heterocycles. The zero-order chi connectivity index (χ0) is 12.1. The van der Waals surface area contributed by atoms with Gasteiger partial charge in [0.15, 0.2) is 0 Å². The third-order valence-electron chi connectivity index (χ3n) is 3.57. The lowest BCUT2D eigenvalue weighted by Gasteiger charge is -2.26. The molecule has 5 heteroatoms. The molecule has 0 aliphatic carbocycles. The van der Waals surface area contributed by atoms with Gasteiger partial charge in [0.05, 0.1) is 13.2 Å². The predicted molar refractivity (Wildman–Crippen MR) is 65.9 cm³/mol. The first-order valence-corrected chi connectivity index (χ1v) is 6.60. The summed E-state index contributed by atoms with van der Waals surface area (Å²) in [5, 5.41) is 6.17. The molecular formula is C12H23N3O2. The van der Waals surface area contributed by atoms with Gasteiger partial charge >= 0.3 is 0 Å². The first kappa shape index (κ1) is 12.8. The number of rotatable bonds is 4. The maximum absolute atomic E-state index is 11.8. The fraction of sp³-hybridized carbons (Fsp3) is 0.917. The summed E-state index contributed by atoms with van der Waals surface area (Å²) in [6.45, 7) is 7.20. The van der Waals surface area contributed by atoms with E-state index in [1.807, 2.05) is 0 Å². The number of carbonyl (C=O) groups is 1. The molecule has 0 aromatic heterocycles. The minimum atomic E-state index is -0.172. The number of hydrogen-bond donors (Lipinski definition) is 2. The molecule has 2 saturated heterocycles. The topological polar surface area (TPSA) is 53.6 Å². The molecule has 2 aliphatic rings. The Morgan fingerprint density at radius 3 is 2.94 bits per heavy atom. The third-order valence-corrected chi connectivity index (χ3v) is 3.57. The lowest BCUT2D eigenvalue weighted by atomic mass is 10.2. The molecule has 2 N–H and O–H groups in total. The summed E-state index contributed by atoms with van der Waals surface area (Å²) in [4.78, 5) is 14.3. The maximum Gasteiger partial charge on any atom is 0.239 e. The van der Waals surface area contributed by atoms with Crippen LogP contribution >= 0.6 is 0 Å². The second-order valence-electron chi connectivity index (χ2n) is 4.92. The van der Waals surface area contributed by atoms with E-state index in [2.05, 4.69) is 22.5 Å². The number of nitrogens with one attached hydrogen (secondary N) is 2. The largest absolute Gasteiger partial charge is 0.378 e. The summed E-state index contributed by atoms with van der Waals surface area (Å²) in [7, 11) is 0. The summed E-state index contributed by atoms with van der Waals surface area (Å²) in [5.41, 5.74) is 0. The van der Waals surface area contributed by atoms with Crippen LogP contribution < -0.4 is 10.6 Å². The normalized spacial score (nSPS) is 27.9. The number of morpholine rings is 1. The van der Waals surface area contributed by atoms with E-state index < -0.39 is 0 Å². The highest BCUT2D eigenvalue weighted by Gasteiger charge is 2.23. The Labute approximate surface area is 103 Å². The zero-order valence-electron chi connectivity index (χ0n) is 10.6.